The number of nitrogens with one attached hydrogen (secondary N) is 1. The van der Waals surface area contributed by atoms with Gasteiger partial charge in [-0.1, -0.05) is 0 Å². The number of imidazole rings is 1. The van der Waals surface area contributed by atoms with Crippen LogP contribution in [0.3, 0.4) is 0 Å². The third kappa shape index (κ3) is 1.98. The second-order valence-electron chi connectivity index (χ2n) is 5.17. The van der Waals surface area contributed by atoms with Gasteiger partial charge in [-0.2, -0.15) is 5.10 Å². The van der Waals surface area contributed by atoms with Gasteiger partial charge in [0.25, 0.3) is 0 Å². The fourth-order valence-electron chi connectivity index (χ4n) is 2.93. The summed E-state index contributed by atoms with van der Waals surface area (Å²) in [6.07, 6.45) is 2.46. The third-order valence-corrected chi connectivity index (χ3v) is 3.98. The molecule has 0 aromatic carbocycles. The molecule has 1 N–H and O–H groups in total. The van der Waals surface area contributed by atoms with Crippen molar-refractivity contribution in [1.82, 2.24) is 24.6 Å². The SMILES string of the molecule is Cc1nn(C)c2c1nc(CCCl)n2C1CCCNC1=O. The van der Waals surface area contributed by atoms with Crippen LogP contribution in [0.15, 0.2) is 0 Å². The maximum atomic E-state index is 12.2. The van der Waals surface area contributed by atoms with Crippen LogP contribution < -0.4 is 5.32 Å². The Morgan fingerprint density at radius 1 is 1.50 bits per heavy atom. The van der Waals surface area contributed by atoms with Gasteiger partial charge in [-0.15, -0.1) is 11.6 Å². The summed E-state index contributed by atoms with van der Waals surface area (Å²) in [6, 6.07) is -0.207. The number of amides is 1. The van der Waals surface area contributed by atoms with E-state index in [1.807, 2.05) is 18.5 Å². The van der Waals surface area contributed by atoms with E-state index in [-0.39, 0.29) is 11.9 Å². The average molecular weight is 296 g/mol. The molecule has 1 saturated heterocycles. The number of fused-ring (bicyclic) bond motifs is 1. The minimum absolute atomic E-state index is 0.0604. The molecule has 3 rings (SSSR count). The molecule has 2 aromatic heterocycles. The Morgan fingerprint density at radius 3 is 3.00 bits per heavy atom. The number of hydrogen-bond donors (Lipinski definition) is 1. The minimum atomic E-state index is -0.207. The number of carbonyl (C=O) groups excluding carboxylic acids is 1. The van der Waals surface area contributed by atoms with Gasteiger partial charge in [-0.05, 0) is 19.8 Å². The molecule has 2 aromatic rings. The highest BCUT2D eigenvalue weighted by molar-refractivity contribution is 6.17. The molecule has 0 spiro atoms. The van der Waals surface area contributed by atoms with Gasteiger partial charge < -0.3 is 9.88 Å². The van der Waals surface area contributed by atoms with Crippen LogP contribution in [0.4, 0.5) is 0 Å². The van der Waals surface area contributed by atoms with Crippen molar-refractivity contribution < 1.29 is 4.79 Å². The van der Waals surface area contributed by atoms with E-state index in [1.165, 1.54) is 0 Å². The highest BCUT2D eigenvalue weighted by Crippen LogP contribution is 2.27. The van der Waals surface area contributed by atoms with Gasteiger partial charge in [0.2, 0.25) is 5.91 Å². The Kier molecular flexibility index (Phi) is 3.41. The number of hydrogen-bond acceptors (Lipinski definition) is 3. The zero-order valence-electron chi connectivity index (χ0n) is 11.7. The van der Waals surface area contributed by atoms with Crippen LogP contribution >= 0.6 is 11.6 Å². The molecule has 1 fully saturated rings. The van der Waals surface area contributed by atoms with Crippen molar-refractivity contribution in [1.29, 1.82) is 0 Å². The zero-order chi connectivity index (χ0) is 14.3. The number of carbonyl (C=O) groups is 1. The van der Waals surface area contributed by atoms with Crippen LogP contribution in [0.5, 0.6) is 0 Å². The third-order valence-electron chi connectivity index (χ3n) is 3.79. The second-order valence-corrected chi connectivity index (χ2v) is 5.55. The minimum Gasteiger partial charge on any atom is -0.354 e. The maximum Gasteiger partial charge on any atom is 0.243 e. The average Bonchev–Trinajstić information content (AvgIpc) is 2.90. The van der Waals surface area contributed by atoms with Gasteiger partial charge in [0.05, 0.1) is 5.69 Å². The molecule has 0 saturated carbocycles. The summed E-state index contributed by atoms with van der Waals surface area (Å²) in [5.74, 6) is 1.42. The number of nitrogens with zero attached hydrogens (tertiary/aromatic N) is 4. The predicted octanol–water partition coefficient (Wildman–Crippen LogP) is 1.31. The zero-order valence-corrected chi connectivity index (χ0v) is 12.4. The van der Waals surface area contributed by atoms with Crippen molar-refractivity contribution in [3.8, 4) is 0 Å². The molecule has 0 aliphatic carbocycles. The lowest BCUT2D eigenvalue weighted by Crippen LogP contribution is -2.38. The normalized spacial score (nSPS) is 19.6. The Morgan fingerprint density at radius 2 is 2.30 bits per heavy atom. The van der Waals surface area contributed by atoms with E-state index in [4.69, 9.17) is 11.6 Å². The monoisotopic (exact) mass is 295 g/mol. The Labute approximate surface area is 122 Å². The van der Waals surface area contributed by atoms with E-state index in [2.05, 4.69) is 15.4 Å². The molecule has 7 heteroatoms. The van der Waals surface area contributed by atoms with E-state index < -0.39 is 0 Å². The lowest BCUT2D eigenvalue weighted by atomic mass is 10.1. The second kappa shape index (κ2) is 5.09. The van der Waals surface area contributed by atoms with Gasteiger partial charge >= 0.3 is 0 Å². The van der Waals surface area contributed by atoms with E-state index in [1.54, 1.807) is 4.68 Å². The summed E-state index contributed by atoms with van der Waals surface area (Å²) in [6.45, 7) is 2.69. The van der Waals surface area contributed by atoms with Gasteiger partial charge in [0.15, 0.2) is 5.65 Å². The summed E-state index contributed by atoms with van der Waals surface area (Å²) in [7, 11) is 1.89. The lowest BCUT2D eigenvalue weighted by Gasteiger charge is -2.25. The van der Waals surface area contributed by atoms with Gasteiger partial charge in [-0.3, -0.25) is 9.48 Å². The molecular weight excluding hydrogens is 278 g/mol. The summed E-state index contributed by atoms with van der Waals surface area (Å²) in [5.41, 5.74) is 2.66. The Balaban J connectivity index is 2.19. The van der Waals surface area contributed by atoms with Crippen LogP contribution in [0.25, 0.3) is 11.2 Å². The largest absolute Gasteiger partial charge is 0.354 e. The van der Waals surface area contributed by atoms with Gasteiger partial charge in [0, 0.05) is 25.9 Å². The molecule has 3 heterocycles. The Bertz CT molecular complexity index is 659. The van der Waals surface area contributed by atoms with Crippen LogP contribution in [-0.2, 0) is 18.3 Å². The lowest BCUT2D eigenvalue weighted by molar-refractivity contribution is -0.125. The molecule has 1 aliphatic heterocycles. The van der Waals surface area contributed by atoms with E-state index in [0.29, 0.717) is 12.3 Å². The maximum absolute atomic E-state index is 12.2. The number of aryl methyl sites for hydroxylation is 3. The first-order chi connectivity index (χ1) is 9.63. The smallest absolute Gasteiger partial charge is 0.243 e. The van der Waals surface area contributed by atoms with E-state index in [0.717, 1.165) is 42.1 Å². The highest BCUT2D eigenvalue weighted by Gasteiger charge is 2.29. The summed E-state index contributed by atoms with van der Waals surface area (Å²) in [4.78, 5) is 16.8. The van der Waals surface area contributed by atoms with Crippen molar-refractivity contribution in [2.24, 2.45) is 7.05 Å². The molecule has 0 radical (unpaired) electrons. The van der Waals surface area contributed by atoms with Crippen molar-refractivity contribution in [3.63, 3.8) is 0 Å². The van der Waals surface area contributed by atoms with E-state index >= 15 is 0 Å². The first-order valence-electron chi connectivity index (χ1n) is 6.87. The highest BCUT2D eigenvalue weighted by atomic mass is 35.5. The first-order valence-corrected chi connectivity index (χ1v) is 7.41. The standard InChI is InChI=1S/C13H18ClN5O/c1-8-11-13(18(2)17-8)19(10(16-11)5-6-14)9-4-3-7-15-12(9)20/h9H,3-7H2,1-2H3,(H,15,20). The number of alkyl halides is 1. The summed E-state index contributed by atoms with van der Waals surface area (Å²) >= 11 is 5.88. The Hall–Kier alpha value is -1.56. The summed E-state index contributed by atoms with van der Waals surface area (Å²) < 4.78 is 3.82. The van der Waals surface area contributed by atoms with Crippen LogP contribution in [-0.4, -0.2) is 37.7 Å². The number of aromatic nitrogens is 4. The molecule has 1 atom stereocenters. The molecule has 20 heavy (non-hydrogen) atoms. The number of halogens is 1. The molecule has 6 nitrogen and oxygen atoms in total. The number of rotatable bonds is 3. The molecule has 0 bridgehead atoms. The molecule has 1 unspecified atom stereocenters. The van der Waals surface area contributed by atoms with Crippen LogP contribution in [0, 0.1) is 6.92 Å². The molecular formula is C13H18ClN5O. The van der Waals surface area contributed by atoms with Crippen molar-refractivity contribution in [3.05, 3.63) is 11.5 Å². The van der Waals surface area contributed by atoms with Crippen LogP contribution in [0.1, 0.15) is 30.4 Å². The quantitative estimate of drug-likeness (QED) is 0.868. The van der Waals surface area contributed by atoms with E-state index in [9.17, 15) is 4.79 Å². The fraction of sp³-hybridized carbons (Fsp3) is 0.615. The molecule has 1 amide bonds. The topological polar surface area (TPSA) is 64.7 Å². The summed E-state index contributed by atoms with van der Waals surface area (Å²) in [5, 5.41) is 7.33. The van der Waals surface area contributed by atoms with Crippen molar-refractivity contribution in [2.75, 3.05) is 12.4 Å². The van der Waals surface area contributed by atoms with Gasteiger partial charge in [0.1, 0.15) is 17.4 Å². The van der Waals surface area contributed by atoms with Gasteiger partial charge in [-0.25, -0.2) is 4.98 Å². The molecule has 1 aliphatic rings. The van der Waals surface area contributed by atoms with Crippen molar-refractivity contribution in [2.45, 2.75) is 32.2 Å². The number of piperidine rings is 1. The fourth-order valence-corrected chi connectivity index (χ4v) is 3.10. The first kappa shape index (κ1) is 13.4. The van der Waals surface area contributed by atoms with Crippen LogP contribution in [0.2, 0.25) is 0 Å². The predicted molar refractivity (Wildman–Crippen MR) is 76.9 cm³/mol. The van der Waals surface area contributed by atoms with Crippen molar-refractivity contribution >= 4 is 28.7 Å². The molecule has 108 valence electrons.